The van der Waals surface area contributed by atoms with Crippen molar-refractivity contribution >= 4 is 44.9 Å². The maximum Gasteiger partial charge on any atom is 0.0653 e. The van der Waals surface area contributed by atoms with Crippen molar-refractivity contribution in [2.75, 3.05) is 0 Å². The molecule has 1 heterocycles. The summed E-state index contributed by atoms with van der Waals surface area (Å²) < 4.78 is 2.52. The molecular formula is C56H48N2. The van der Waals surface area contributed by atoms with Gasteiger partial charge in [0.2, 0.25) is 0 Å². The van der Waals surface area contributed by atoms with Crippen LogP contribution in [-0.2, 0) is 13.0 Å². The van der Waals surface area contributed by atoms with Gasteiger partial charge in [0.1, 0.15) is 0 Å². The summed E-state index contributed by atoms with van der Waals surface area (Å²) in [4.78, 5) is 5.17. The molecule has 0 bridgehead atoms. The first-order valence-electron chi connectivity index (χ1n) is 21.3. The summed E-state index contributed by atoms with van der Waals surface area (Å²) in [7, 11) is 0. The number of benzene rings is 5. The van der Waals surface area contributed by atoms with Gasteiger partial charge in [0.25, 0.3) is 0 Å². The molecule has 0 aliphatic heterocycles. The third-order valence-corrected chi connectivity index (χ3v) is 13.6. The zero-order valence-electron chi connectivity index (χ0n) is 33.2. The molecule has 1 aromatic heterocycles. The topological polar surface area (TPSA) is 17.3 Å². The Morgan fingerprint density at radius 1 is 0.776 bits per heavy atom. The van der Waals surface area contributed by atoms with Crippen molar-refractivity contribution in [3.8, 4) is 0 Å². The predicted octanol–water partition coefficient (Wildman–Crippen LogP) is 13.9. The minimum absolute atomic E-state index is 0.397. The van der Waals surface area contributed by atoms with Crippen LogP contribution in [0.15, 0.2) is 192 Å². The Hall–Kier alpha value is -6.25. The summed E-state index contributed by atoms with van der Waals surface area (Å²) in [5.74, 6) is 1.96. The van der Waals surface area contributed by atoms with Crippen molar-refractivity contribution in [2.45, 2.75) is 51.5 Å². The van der Waals surface area contributed by atoms with Crippen molar-refractivity contribution in [1.29, 1.82) is 0 Å². The maximum absolute atomic E-state index is 5.17. The Morgan fingerprint density at radius 2 is 1.52 bits per heavy atom. The summed E-state index contributed by atoms with van der Waals surface area (Å²) in [5.41, 5.74) is 19.1. The van der Waals surface area contributed by atoms with Gasteiger partial charge in [0.15, 0.2) is 0 Å². The molecule has 5 aliphatic rings. The summed E-state index contributed by atoms with van der Waals surface area (Å²) in [6.45, 7) is 2.93. The highest BCUT2D eigenvalue weighted by molar-refractivity contribution is 6.12. The summed E-state index contributed by atoms with van der Waals surface area (Å²) in [5, 5.41) is 2.66. The molecule has 0 amide bonds. The standard InChI is InChI=1S/C56H48N2/c1-37(31-54(39-17-6-3-7-18-39)57-36-38-15-4-2-5-16-38)44-29-30-49(46-20-9-8-19-45(44)46)53-35-42-32-40-27-28-43(33-41(40)34-52(42)47-23-14-24-48(47)53)58-55-25-12-10-21-50(55)51-22-11-13-26-56(51)58/h2-8,10-19,21-23,25-32,34,41,47-48,53H,9,20,24,33,35-36H2,1H3/b37-31+,57-54+. The summed E-state index contributed by atoms with van der Waals surface area (Å²) in [6, 6.07) is 43.9. The van der Waals surface area contributed by atoms with E-state index in [2.05, 4.69) is 188 Å². The molecule has 5 aliphatic carbocycles. The molecule has 2 nitrogen and oxygen atoms in total. The monoisotopic (exact) mass is 748 g/mol. The van der Waals surface area contributed by atoms with E-state index in [1.54, 1.807) is 22.3 Å². The zero-order valence-corrected chi connectivity index (χ0v) is 33.2. The van der Waals surface area contributed by atoms with Crippen LogP contribution in [0.3, 0.4) is 0 Å². The Balaban J connectivity index is 0.937. The third kappa shape index (κ3) is 6.05. The number of hydrogen-bond donors (Lipinski definition) is 0. The lowest BCUT2D eigenvalue weighted by Crippen LogP contribution is -2.30. The second-order valence-electron chi connectivity index (χ2n) is 16.9. The molecule has 5 aromatic carbocycles. The number of para-hydroxylation sites is 2. The largest absolute Gasteiger partial charge is 0.313 e. The first-order chi connectivity index (χ1) is 28.7. The van der Waals surface area contributed by atoms with E-state index in [4.69, 9.17) is 4.99 Å². The molecule has 2 heteroatoms. The molecule has 0 radical (unpaired) electrons. The molecule has 1 fully saturated rings. The van der Waals surface area contributed by atoms with Crippen LogP contribution in [0.5, 0.6) is 0 Å². The van der Waals surface area contributed by atoms with Gasteiger partial charge in [-0.3, -0.25) is 4.99 Å². The van der Waals surface area contributed by atoms with Crippen molar-refractivity contribution in [3.05, 3.63) is 220 Å². The quantitative estimate of drug-likeness (QED) is 0.114. The fraction of sp³-hybridized carbons (Fsp3) is 0.196. The molecule has 282 valence electrons. The van der Waals surface area contributed by atoms with Gasteiger partial charge >= 0.3 is 0 Å². The molecule has 1 saturated carbocycles. The minimum Gasteiger partial charge on any atom is -0.313 e. The average Bonchev–Trinajstić information content (AvgIpc) is 3.91. The van der Waals surface area contributed by atoms with E-state index in [9.17, 15) is 0 Å². The molecule has 0 spiro atoms. The number of hydrogen-bond acceptors (Lipinski definition) is 1. The Bertz CT molecular complexity index is 2790. The smallest absolute Gasteiger partial charge is 0.0653 e. The van der Waals surface area contributed by atoms with Crippen molar-refractivity contribution in [2.24, 2.45) is 22.7 Å². The van der Waals surface area contributed by atoms with Crippen LogP contribution in [0, 0.1) is 17.8 Å². The molecule has 4 unspecified atom stereocenters. The molecule has 0 N–H and O–H groups in total. The van der Waals surface area contributed by atoms with Gasteiger partial charge in [0.05, 0.1) is 23.3 Å². The van der Waals surface area contributed by atoms with Crippen LogP contribution in [0.25, 0.3) is 39.2 Å². The second-order valence-corrected chi connectivity index (χ2v) is 16.9. The van der Waals surface area contributed by atoms with Gasteiger partial charge in [-0.25, -0.2) is 0 Å². The van der Waals surface area contributed by atoms with Crippen molar-refractivity contribution in [3.63, 3.8) is 0 Å². The fourth-order valence-corrected chi connectivity index (χ4v) is 10.8. The van der Waals surface area contributed by atoms with Gasteiger partial charge < -0.3 is 4.57 Å². The number of fused-ring (bicyclic) bond motifs is 8. The summed E-state index contributed by atoms with van der Waals surface area (Å²) in [6.07, 6.45) is 27.7. The SMILES string of the molecule is C/C(=C\C(=N/Cc1ccccc1)c1ccccc1)c1ccc(C2CC3=CC4=CC=C(n5c6ccccc6c6ccccc65)CC4C=C3C3C=CCC32)c2c1C=CCC2. The van der Waals surface area contributed by atoms with Crippen LogP contribution in [-0.4, -0.2) is 10.3 Å². The number of aliphatic imine (C=N–C) groups is 1. The summed E-state index contributed by atoms with van der Waals surface area (Å²) >= 11 is 0. The highest BCUT2D eigenvalue weighted by atomic mass is 15.0. The second kappa shape index (κ2) is 14.6. The lowest BCUT2D eigenvalue weighted by atomic mass is 9.62. The van der Waals surface area contributed by atoms with Gasteiger partial charge in [-0.15, -0.1) is 0 Å². The fourth-order valence-electron chi connectivity index (χ4n) is 10.8. The van der Waals surface area contributed by atoms with E-state index < -0.39 is 0 Å². The molecular weight excluding hydrogens is 701 g/mol. The number of allylic oxidation sites excluding steroid dienone is 13. The van der Waals surface area contributed by atoms with Crippen molar-refractivity contribution in [1.82, 2.24) is 4.57 Å². The zero-order chi connectivity index (χ0) is 38.6. The van der Waals surface area contributed by atoms with Gasteiger partial charge in [-0.1, -0.05) is 152 Å². The normalized spacial score (nSPS) is 22.4. The van der Waals surface area contributed by atoms with E-state index in [0.717, 1.165) is 43.4 Å². The van der Waals surface area contributed by atoms with E-state index in [-0.39, 0.29) is 0 Å². The molecule has 6 aromatic rings. The number of rotatable bonds is 7. The molecule has 11 rings (SSSR count). The van der Waals surface area contributed by atoms with Crippen molar-refractivity contribution < 1.29 is 0 Å². The first kappa shape index (κ1) is 35.0. The van der Waals surface area contributed by atoms with Crippen LogP contribution < -0.4 is 0 Å². The molecule has 0 saturated heterocycles. The minimum atomic E-state index is 0.397. The van der Waals surface area contributed by atoms with Gasteiger partial charge in [-0.2, -0.15) is 0 Å². The Morgan fingerprint density at radius 3 is 2.31 bits per heavy atom. The van der Waals surface area contributed by atoms with Crippen LogP contribution >= 0.6 is 0 Å². The lowest BCUT2D eigenvalue weighted by Gasteiger charge is -2.42. The van der Waals surface area contributed by atoms with Crippen LogP contribution in [0.2, 0.25) is 0 Å². The van der Waals surface area contributed by atoms with Gasteiger partial charge in [-0.05, 0) is 131 Å². The van der Waals surface area contributed by atoms with Crippen LogP contribution in [0.4, 0.5) is 0 Å². The number of nitrogens with zero attached hydrogens (tertiary/aromatic N) is 2. The maximum atomic E-state index is 5.17. The highest BCUT2D eigenvalue weighted by Crippen LogP contribution is 2.55. The lowest BCUT2D eigenvalue weighted by molar-refractivity contribution is 0.348. The number of aromatic nitrogens is 1. The van der Waals surface area contributed by atoms with E-state index in [1.807, 2.05) is 0 Å². The Labute approximate surface area is 342 Å². The van der Waals surface area contributed by atoms with E-state index in [1.165, 1.54) is 55.3 Å². The predicted molar refractivity (Wildman–Crippen MR) is 245 cm³/mol. The average molecular weight is 749 g/mol. The van der Waals surface area contributed by atoms with E-state index in [0.29, 0.717) is 30.2 Å². The third-order valence-electron chi connectivity index (χ3n) is 13.6. The first-order valence-corrected chi connectivity index (χ1v) is 21.3. The molecule has 58 heavy (non-hydrogen) atoms. The highest BCUT2D eigenvalue weighted by Gasteiger charge is 2.42. The Kier molecular flexibility index (Phi) is 8.80. The molecule has 4 atom stereocenters. The van der Waals surface area contributed by atoms with Crippen LogP contribution in [0.1, 0.15) is 71.9 Å². The van der Waals surface area contributed by atoms with E-state index >= 15 is 0 Å². The van der Waals surface area contributed by atoms with Gasteiger partial charge in [0, 0.05) is 28.3 Å².